The average molecular weight is 836 g/mol. The standard InChI is InChI=1S/2C19H19.C12H7Si.2ClH.Zr/c2*1-3-7-15-12-16-9-6-11-18(19(16)13-15)17-10-5-4-8-14(17)2;1-3-7-11-9(5-1)10-6-2-4-8-12(10)13-11;;;/h2*4-6,8-13H,3,7H2,1-2H3;1-7H;2*1H;/q3*-1;;;+2/p-2. The van der Waals surface area contributed by atoms with Crippen LogP contribution in [0.15, 0.2) is 152 Å². The van der Waals surface area contributed by atoms with Crippen LogP contribution in [0, 0.1) is 19.9 Å². The topological polar surface area (TPSA) is 0 Å². The molecular weight excluding hydrogens is 791 g/mol. The van der Waals surface area contributed by atoms with Gasteiger partial charge in [-0.15, -0.1) is 74.6 Å². The van der Waals surface area contributed by atoms with Gasteiger partial charge in [-0.05, 0) is 48.9 Å². The summed E-state index contributed by atoms with van der Waals surface area (Å²) in [6.07, 6.45) is 4.75. The Balaban J connectivity index is 0.000000135. The molecule has 1 aliphatic heterocycles. The summed E-state index contributed by atoms with van der Waals surface area (Å²) in [6.45, 7) is 8.84. The summed E-state index contributed by atoms with van der Waals surface area (Å²) in [5.74, 6) is 0. The quantitative estimate of drug-likeness (QED) is 0.116. The van der Waals surface area contributed by atoms with Crippen LogP contribution in [0.5, 0.6) is 0 Å². The van der Waals surface area contributed by atoms with E-state index in [4.69, 9.17) is 17.0 Å². The predicted octanol–water partition coefficient (Wildman–Crippen LogP) is 13.5. The van der Waals surface area contributed by atoms with Gasteiger partial charge < -0.3 is 0 Å². The van der Waals surface area contributed by atoms with Gasteiger partial charge in [0.1, 0.15) is 0 Å². The summed E-state index contributed by atoms with van der Waals surface area (Å²) in [5.41, 5.74) is 13.8. The zero-order valence-electron chi connectivity index (χ0n) is 31.5. The van der Waals surface area contributed by atoms with Gasteiger partial charge in [0, 0.05) is 0 Å². The summed E-state index contributed by atoms with van der Waals surface area (Å²) in [7, 11) is 10.7. The SMILES string of the molecule is CCCc1cc2c(-c3ccccc3C)cccc2[cH-]1.CCCc1cc2c(-c3ccccc3C)cccc2[cH-]1.[Cl][Zr][Cl].[c-]1cccc2c1[Si]c1ccccc1-2. The summed E-state index contributed by atoms with van der Waals surface area (Å²) >= 11 is -0.826. The molecule has 0 unspecified atom stereocenters. The van der Waals surface area contributed by atoms with Crippen molar-refractivity contribution in [2.75, 3.05) is 0 Å². The van der Waals surface area contributed by atoms with Crippen LogP contribution < -0.4 is 10.4 Å². The first-order valence-corrected chi connectivity index (χ1v) is 26.1. The third-order valence-electron chi connectivity index (χ3n) is 9.90. The molecule has 2 radical (unpaired) electrons. The zero-order chi connectivity index (χ0) is 37.9. The van der Waals surface area contributed by atoms with Crippen LogP contribution >= 0.6 is 17.0 Å². The van der Waals surface area contributed by atoms with Gasteiger partial charge in [-0.25, -0.2) is 0 Å². The van der Waals surface area contributed by atoms with Gasteiger partial charge in [0.05, 0.1) is 9.52 Å². The first kappa shape index (κ1) is 39.9. The van der Waals surface area contributed by atoms with E-state index in [0.29, 0.717) is 0 Å². The number of hydrogen-bond donors (Lipinski definition) is 0. The molecule has 270 valence electrons. The van der Waals surface area contributed by atoms with Gasteiger partial charge >= 0.3 is 37.9 Å². The van der Waals surface area contributed by atoms with Crippen molar-refractivity contribution >= 4 is 58.5 Å². The molecule has 9 rings (SSSR count). The Hall–Kier alpha value is -3.78. The van der Waals surface area contributed by atoms with Gasteiger partial charge in [0.2, 0.25) is 0 Å². The second kappa shape index (κ2) is 19.7. The third kappa shape index (κ3) is 9.53. The number of rotatable bonds is 6. The molecule has 1 aliphatic rings. The third-order valence-corrected chi connectivity index (χ3v) is 11.3. The molecule has 0 fully saturated rings. The normalized spacial score (nSPS) is 11.0. The van der Waals surface area contributed by atoms with Crippen LogP contribution in [0.25, 0.3) is 54.9 Å². The molecule has 1 heterocycles. The molecule has 0 spiro atoms. The smallest absolute Gasteiger partial charge is 0.0920 e. The van der Waals surface area contributed by atoms with Crippen LogP contribution in [-0.4, -0.2) is 9.52 Å². The van der Waals surface area contributed by atoms with Gasteiger partial charge in [-0.1, -0.05) is 133 Å². The number of benzene rings is 6. The molecule has 0 nitrogen and oxygen atoms in total. The van der Waals surface area contributed by atoms with Gasteiger partial charge in [0.15, 0.2) is 0 Å². The second-order valence-electron chi connectivity index (χ2n) is 13.7. The van der Waals surface area contributed by atoms with Crippen LogP contribution in [0.2, 0.25) is 0 Å². The largest absolute Gasteiger partial charge is 0.184 e. The summed E-state index contributed by atoms with van der Waals surface area (Å²) < 4.78 is 0. The first-order chi connectivity index (χ1) is 26.4. The molecule has 0 saturated heterocycles. The molecule has 0 aliphatic carbocycles. The molecule has 8 aromatic carbocycles. The van der Waals surface area contributed by atoms with Gasteiger partial charge in [-0.2, -0.15) is 41.6 Å². The summed E-state index contributed by atoms with van der Waals surface area (Å²) in [5, 5.41) is 8.33. The van der Waals surface area contributed by atoms with E-state index >= 15 is 0 Å². The summed E-state index contributed by atoms with van der Waals surface area (Å²) in [6, 6.07) is 58.1. The Bertz CT molecular complexity index is 2270. The fraction of sp³-hybridized carbons (Fsp3) is 0.160. The average Bonchev–Trinajstić information content (AvgIpc) is 3.91. The van der Waals surface area contributed by atoms with Crippen molar-refractivity contribution in [3.63, 3.8) is 0 Å². The fourth-order valence-electron chi connectivity index (χ4n) is 7.41. The molecule has 0 saturated carbocycles. The monoisotopic (exact) mass is 833 g/mol. The Kier molecular flexibility index (Phi) is 14.6. The summed E-state index contributed by atoms with van der Waals surface area (Å²) in [4.78, 5) is 0. The molecule has 0 N–H and O–H groups in total. The number of halogens is 2. The number of aryl methyl sites for hydroxylation is 4. The maximum Gasteiger partial charge on any atom is 0.0920 e. The molecule has 0 amide bonds. The van der Waals surface area contributed by atoms with Crippen LogP contribution in [0.4, 0.5) is 0 Å². The van der Waals surface area contributed by atoms with Gasteiger partial charge in [0.25, 0.3) is 0 Å². The molecule has 54 heavy (non-hydrogen) atoms. The first-order valence-electron chi connectivity index (χ1n) is 18.8. The van der Waals surface area contributed by atoms with Crippen molar-refractivity contribution in [2.45, 2.75) is 53.4 Å². The van der Waals surface area contributed by atoms with E-state index in [1.165, 1.54) is 113 Å². The number of hydrogen-bond acceptors (Lipinski definition) is 0. The molecule has 0 aromatic heterocycles. The minimum atomic E-state index is -0.826. The van der Waals surface area contributed by atoms with Crippen molar-refractivity contribution in [1.82, 2.24) is 0 Å². The second-order valence-corrected chi connectivity index (χ2v) is 18.7. The van der Waals surface area contributed by atoms with Crippen LogP contribution in [0.1, 0.15) is 48.9 Å². The fourth-order valence-corrected chi connectivity index (χ4v) is 8.72. The van der Waals surface area contributed by atoms with Crippen molar-refractivity contribution in [3.8, 4) is 33.4 Å². The van der Waals surface area contributed by atoms with E-state index in [0.717, 1.165) is 9.52 Å². The minimum absolute atomic E-state index is 0.795. The van der Waals surface area contributed by atoms with Crippen molar-refractivity contribution in [1.29, 1.82) is 0 Å². The molecule has 4 heteroatoms. The molecular formula is C50H45Cl2SiZr-3. The number of fused-ring (bicyclic) bond motifs is 5. The van der Waals surface area contributed by atoms with E-state index < -0.39 is 20.8 Å². The molecule has 0 atom stereocenters. The van der Waals surface area contributed by atoms with Crippen molar-refractivity contribution < 1.29 is 20.8 Å². The minimum Gasteiger partial charge on any atom is -0.184 e. The van der Waals surface area contributed by atoms with Crippen LogP contribution in [0.3, 0.4) is 0 Å². The van der Waals surface area contributed by atoms with Crippen molar-refractivity contribution in [2.24, 2.45) is 0 Å². The van der Waals surface area contributed by atoms with Crippen molar-refractivity contribution in [3.05, 3.63) is 180 Å². The maximum atomic E-state index is 4.93. The van der Waals surface area contributed by atoms with E-state index in [1.54, 1.807) is 0 Å². The van der Waals surface area contributed by atoms with Gasteiger partial charge in [-0.3, -0.25) is 0 Å². The Morgan fingerprint density at radius 2 is 0.981 bits per heavy atom. The Morgan fingerprint density at radius 1 is 0.537 bits per heavy atom. The maximum absolute atomic E-state index is 4.93. The van der Waals surface area contributed by atoms with E-state index in [9.17, 15) is 0 Å². The Morgan fingerprint density at radius 3 is 1.48 bits per heavy atom. The van der Waals surface area contributed by atoms with E-state index in [-0.39, 0.29) is 0 Å². The molecule has 8 aromatic rings. The van der Waals surface area contributed by atoms with E-state index in [2.05, 4.69) is 179 Å². The molecule has 0 bridgehead atoms. The van der Waals surface area contributed by atoms with Crippen LogP contribution in [-0.2, 0) is 33.7 Å². The van der Waals surface area contributed by atoms with E-state index in [1.807, 2.05) is 6.07 Å². The Labute approximate surface area is 343 Å². The predicted molar refractivity (Wildman–Crippen MR) is 235 cm³/mol. The zero-order valence-corrected chi connectivity index (χ0v) is 36.5.